The smallest absolute Gasteiger partial charge is 0.243 e. The van der Waals surface area contributed by atoms with E-state index in [0.29, 0.717) is 59.0 Å². The number of aromatic hydroxyl groups is 1. The third-order valence-corrected chi connectivity index (χ3v) is 14.8. The van der Waals surface area contributed by atoms with Crippen molar-refractivity contribution < 1.29 is 29.1 Å². The molecule has 2 amide bonds. The number of nitrogens with two attached hydrogens (primary N) is 1. The van der Waals surface area contributed by atoms with Crippen LogP contribution < -0.4 is 25.6 Å². The summed E-state index contributed by atoms with van der Waals surface area (Å²) in [4.78, 5) is 48.7. The lowest BCUT2D eigenvalue weighted by Crippen LogP contribution is -2.48. The Hall–Kier alpha value is -7.19. The van der Waals surface area contributed by atoms with Crippen LogP contribution in [-0.4, -0.2) is 118 Å². The highest BCUT2D eigenvalue weighted by molar-refractivity contribution is 7.13. The number of phenols is 1. The average molecular weight is 968 g/mol. The number of likely N-dealkylation sites (tertiary alicyclic amines) is 1. The van der Waals surface area contributed by atoms with Gasteiger partial charge in [-0.1, -0.05) is 55.4 Å². The Morgan fingerprint density at radius 3 is 2.36 bits per heavy atom. The molecule has 3 aliphatic heterocycles. The number of ether oxygens (including phenoxy) is 1. The predicted molar refractivity (Wildman–Crippen MR) is 264 cm³/mol. The molecule has 364 valence electrons. The minimum absolute atomic E-state index is 0.0509. The Labute approximate surface area is 408 Å². The van der Waals surface area contributed by atoms with Gasteiger partial charge in [-0.05, 0) is 61.9 Å². The summed E-state index contributed by atoms with van der Waals surface area (Å²) in [5, 5.41) is 42.0. The Kier molecular flexibility index (Phi) is 13.1. The van der Waals surface area contributed by atoms with Crippen LogP contribution in [0.5, 0.6) is 11.5 Å². The summed E-state index contributed by atoms with van der Waals surface area (Å²) in [6, 6.07) is 17.7. The van der Waals surface area contributed by atoms with Gasteiger partial charge >= 0.3 is 0 Å². The average Bonchev–Trinajstić information content (AvgIpc) is 4.19. The molecule has 7 aromatic rings. The molecular formula is C50H57N13O6S. The molecule has 8 heterocycles. The molecule has 19 nitrogen and oxygen atoms in total. The number of β-amino-alcohol motifs (C(OH)–C–C–N with tert-alkyl or cyclic N) is 1. The van der Waals surface area contributed by atoms with Crippen molar-refractivity contribution >= 4 is 51.8 Å². The molecule has 5 aromatic heterocycles. The van der Waals surface area contributed by atoms with Crippen LogP contribution in [0.1, 0.15) is 87.9 Å². The van der Waals surface area contributed by atoms with Crippen molar-refractivity contribution in [1.82, 2.24) is 50.3 Å². The van der Waals surface area contributed by atoms with Crippen LogP contribution in [0.2, 0.25) is 0 Å². The number of carbonyl (C=O) groups is 2. The van der Waals surface area contributed by atoms with Gasteiger partial charge in [0.25, 0.3) is 0 Å². The van der Waals surface area contributed by atoms with E-state index in [1.54, 1.807) is 41.9 Å². The van der Waals surface area contributed by atoms with E-state index >= 15 is 0 Å². The molecule has 2 aromatic carbocycles. The first-order valence-corrected chi connectivity index (χ1v) is 24.8. The number of aromatic nitrogens is 8. The van der Waals surface area contributed by atoms with E-state index < -0.39 is 18.1 Å². The molecule has 20 heteroatoms. The number of aliphatic hydroxyl groups excluding tert-OH is 1. The molecule has 3 fully saturated rings. The molecule has 0 radical (unpaired) electrons. The maximum absolute atomic E-state index is 14.3. The Morgan fingerprint density at radius 2 is 1.66 bits per heavy atom. The van der Waals surface area contributed by atoms with Gasteiger partial charge in [-0.25, -0.2) is 15.0 Å². The van der Waals surface area contributed by atoms with Crippen LogP contribution in [0.25, 0.3) is 32.7 Å². The summed E-state index contributed by atoms with van der Waals surface area (Å²) >= 11 is 1.59. The topological polar surface area (TPSA) is 240 Å². The Balaban J connectivity index is 0.711. The maximum atomic E-state index is 14.3. The number of benzene rings is 2. The number of phenolic OH excluding ortho intramolecular Hbond substituents is 1. The second-order valence-corrected chi connectivity index (χ2v) is 19.7. The standard InChI is InChI=1S/C50H57N13O6S/c1-28(2)44(49(67)62-26-34(64)21-40(62)48(66)55-29(3)31-9-11-32(12-10-31)46-30(4)54-27-70-46)42-23-43(59-69-42)60-19-15-35(16-20-60)68-36-24-52-50(53-25-36)61-17-13-33(14-18-61)63-39-22-38(37-7-5-6-8-41(37)65)56-57-45(39)47(51)58-63/h5-12,22-25,27-29,33-35,40,44,64-65H,13-21,26H2,1-4H3,(H2,51,58)(H,55,66)/t29-,34+,40-,44?/m0/s1. The number of hydrogen-bond acceptors (Lipinski definition) is 17. The molecule has 10 rings (SSSR count). The van der Waals surface area contributed by atoms with E-state index in [1.807, 2.05) is 80.4 Å². The summed E-state index contributed by atoms with van der Waals surface area (Å²) in [5.74, 6) is 1.29. The lowest BCUT2D eigenvalue weighted by Gasteiger charge is -2.33. The number of amides is 2. The van der Waals surface area contributed by atoms with Crippen LogP contribution in [0.4, 0.5) is 17.6 Å². The van der Waals surface area contributed by atoms with Crippen molar-refractivity contribution in [2.24, 2.45) is 5.92 Å². The van der Waals surface area contributed by atoms with Gasteiger partial charge in [0.2, 0.25) is 17.8 Å². The first kappa shape index (κ1) is 46.5. The summed E-state index contributed by atoms with van der Waals surface area (Å²) < 4.78 is 14.2. The summed E-state index contributed by atoms with van der Waals surface area (Å²) in [5.41, 5.74) is 13.5. The summed E-state index contributed by atoms with van der Waals surface area (Å²) in [6.45, 7) is 10.6. The van der Waals surface area contributed by atoms with Crippen LogP contribution in [-0.2, 0) is 9.59 Å². The summed E-state index contributed by atoms with van der Waals surface area (Å²) in [6.07, 6.45) is 5.77. The highest BCUT2D eigenvalue weighted by Crippen LogP contribution is 2.36. The van der Waals surface area contributed by atoms with E-state index in [2.05, 4.69) is 50.5 Å². The van der Waals surface area contributed by atoms with Crippen LogP contribution >= 0.6 is 11.3 Å². The van der Waals surface area contributed by atoms with Gasteiger partial charge in [-0.15, -0.1) is 21.5 Å². The fourth-order valence-electron chi connectivity index (χ4n) is 9.99. The molecule has 3 aliphatic rings. The number of aryl methyl sites for hydroxylation is 1. The van der Waals surface area contributed by atoms with E-state index in [0.717, 1.165) is 66.0 Å². The van der Waals surface area contributed by atoms with Crippen LogP contribution in [0, 0.1) is 12.8 Å². The van der Waals surface area contributed by atoms with Gasteiger partial charge in [-0.2, -0.15) is 5.10 Å². The first-order chi connectivity index (χ1) is 33.9. The zero-order valence-electron chi connectivity index (χ0n) is 39.6. The first-order valence-electron chi connectivity index (χ1n) is 23.9. The Morgan fingerprint density at radius 1 is 0.929 bits per heavy atom. The highest BCUT2D eigenvalue weighted by atomic mass is 32.1. The van der Waals surface area contributed by atoms with Crippen molar-refractivity contribution in [2.45, 2.75) is 96.1 Å². The fraction of sp³-hybridized carbons (Fsp3) is 0.420. The van der Waals surface area contributed by atoms with E-state index in [1.165, 1.54) is 4.90 Å². The number of rotatable bonds is 13. The number of anilines is 3. The molecule has 3 saturated heterocycles. The lowest BCUT2D eigenvalue weighted by molar-refractivity contribution is -0.141. The number of carbonyl (C=O) groups excluding carboxylic acids is 2. The zero-order chi connectivity index (χ0) is 48.6. The fourth-order valence-corrected chi connectivity index (χ4v) is 10.8. The van der Waals surface area contributed by atoms with Gasteiger partial charge in [0.15, 0.2) is 28.7 Å². The van der Waals surface area contributed by atoms with Crippen molar-refractivity contribution in [1.29, 1.82) is 0 Å². The molecule has 0 spiro atoms. The van der Waals surface area contributed by atoms with E-state index in [-0.39, 0.29) is 54.6 Å². The molecule has 4 atom stereocenters. The number of piperidine rings is 2. The molecule has 70 heavy (non-hydrogen) atoms. The van der Waals surface area contributed by atoms with E-state index in [9.17, 15) is 19.8 Å². The number of aliphatic hydroxyl groups is 1. The van der Waals surface area contributed by atoms with Gasteiger partial charge in [0.1, 0.15) is 23.8 Å². The zero-order valence-corrected chi connectivity index (χ0v) is 40.4. The van der Waals surface area contributed by atoms with Crippen molar-refractivity contribution in [2.75, 3.05) is 48.3 Å². The maximum Gasteiger partial charge on any atom is 0.243 e. The molecule has 0 bridgehead atoms. The molecule has 1 unspecified atom stereocenters. The number of nitrogen functional groups attached to an aromatic ring is 1. The minimum Gasteiger partial charge on any atom is -0.507 e. The normalized spacial score (nSPS) is 19.0. The number of fused-ring (bicyclic) bond motifs is 1. The molecule has 0 saturated carbocycles. The van der Waals surface area contributed by atoms with Gasteiger partial charge < -0.3 is 45.2 Å². The van der Waals surface area contributed by atoms with Gasteiger partial charge in [0.05, 0.1) is 57.9 Å². The number of nitrogens with one attached hydrogen (secondary N) is 1. The van der Waals surface area contributed by atoms with Gasteiger partial charge in [-0.3, -0.25) is 14.3 Å². The number of nitrogens with zero attached hydrogens (tertiary/aromatic N) is 11. The quantitative estimate of drug-likeness (QED) is 0.0970. The largest absolute Gasteiger partial charge is 0.507 e. The van der Waals surface area contributed by atoms with E-state index in [4.69, 9.17) is 15.0 Å². The number of hydrogen-bond donors (Lipinski definition) is 4. The SMILES string of the molecule is Cc1ncsc1-c1ccc([C@H](C)NC(=O)[C@@H]2C[C@@H](O)CN2C(=O)C(c2cc(N3CCC(Oc4cnc(N5CCC(n6nc(N)c7nnc(-c8ccccc8O)cc76)CC5)nc4)CC3)no2)C(C)C)cc1. The highest BCUT2D eigenvalue weighted by Gasteiger charge is 2.44. The van der Waals surface area contributed by atoms with Crippen LogP contribution in [0.3, 0.4) is 0 Å². The molecule has 0 aliphatic carbocycles. The third kappa shape index (κ3) is 9.44. The second kappa shape index (κ2) is 19.7. The number of thiazole rings is 1. The van der Waals surface area contributed by atoms with Crippen molar-refractivity contribution in [3.63, 3.8) is 0 Å². The lowest BCUT2D eigenvalue weighted by atomic mass is 9.91. The Bertz CT molecular complexity index is 2960. The summed E-state index contributed by atoms with van der Waals surface area (Å²) in [7, 11) is 0. The van der Waals surface area contributed by atoms with Crippen LogP contribution in [0.15, 0.2) is 83.1 Å². The second-order valence-electron chi connectivity index (χ2n) is 18.9. The molecular weight excluding hydrogens is 911 g/mol. The monoisotopic (exact) mass is 967 g/mol. The van der Waals surface area contributed by atoms with Crippen molar-refractivity contribution in [3.05, 3.63) is 95.6 Å². The third-order valence-electron chi connectivity index (χ3n) is 13.8. The van der Waals surface area contributed by atoms with Gasteiger partial charge in [0, 0.05) is 63.6 Å². The number of para-hydroxylation sites is 1. The molecule has 5 N–H and O–H groups in total. The minimum atomic E-state index is -0.828. The van der Waals surface area contributed by atoms with Crippen molar-refractivity contribution in [3.8, 4) is 33.2 Å². The predicted octanol–water partition coefficient (Wildman–Crippen LogP) is 6.46.